The van der Waals surface area contributed by atoms with E-state index >= 15 is 0 Å². The van der Waals surface area contributed by atoms with Gasteiger partial charge < -0.3 is 9.64 Å². The van der Waals surface area contributed by atoms with Gasteiger partial charge in [0.1, 0.15) is 12.4 Å². The lowest BCUT2D eigenvalue weighted by Crippen LogP contribution is -2.34. The van der Waals surface area contributed by atoms with E-state index in [0.717, 1.165) is 17.0 Å². The third-order valence-corrected chi connectivity index (χ3v) is 5.42. The third-order valence-electron chi connectivity index (χ3n) is 4.03. The van der Waals surface area contributed by atoms with Gasteiger partial charge in [0.05, 0.1) is 10.5 Å². The molecule has 0 spiro atoms. The molecule has 2 aromatic carbocycles. The van der Waals surface area contributed by atoms with Crippen LogP contribution in [0.25, 0.3) is 0 Å². The van der Waals surface area contributed by atoms with Crippen molar-refractivity contribution in [3.8, 4) is 0 Å². The van der Waals surface area contributed by atoms with Crippen LogP contribution < -0.4 is 4.72 Å². The van der Waals surface area contributed by atoms with Gasteiger partial charge >= 0.3 is 12.1 Å². The molecule has 7 nitrogen and oxygen atoms in total. The number of halogens is 4. The van der Waals surface area contributed by atoms with Gasteiger partial charge in [-0.3, -0.25) is 9.59 Å². The van der Waals surface area contributed by atoms with Crippen LogP contribution in [0.1, 0.15) is 11.1 Å². The molecule has 0 fully saturated rings. The topological polar surface area (TPSA) is 92.8 Å². The normalized spacial score (nSPS) is 11.8. The molecular weight excluding hydrogens is 444 g/mol. The Morgan fingerprint density at radius 2 is 1.77 bits per heavy atom. The maximum atomic E-state index is 13.6. The fourth-order valence-corrected chi connectivity index (χ4v) is 3.36. The minimum absolute atomic E-state index is 0.0781. The number of hydrogen-bond acceptors (Lipinski definition) is 5. The van der Waals surface area contributed by atoms with Crippen molar-refractivity contribution in [3.63, 3.8) is 0 Å². The van der Waals surface area contributed by atoms with E-state index in [4.69, 9.17) is 0 Å². The van der Waals surface area contributed by atoms with E-state index in [-0.39, 0.29) is 12.1 Å². The minimum atomic E-state index is -4.74. The Morgan fingerprint density at radius 3 is 2.42 bits per heavy atom. The van der Waals surface area contributed by atoms with Gasteiger partial charge in [-0.05, 0) is 24.3 Å². The highest BCUT2D eigenvalue weighted by molar-refractivity contribution is 7.89. The van der Waals surface area contributed by atoms with Gasteiger partial charge in [0, 0.05) is 19.2 Å². The van der Waals surface area contributed by atoms with Crippen LogP contribution in [0, 0.1) is 5.82 Å². The molecule has 31 heavy (non-hydrogen) atoms. The van der Waals surface area contributed by atoms with E-state index in [1.807, 2.05) is 4.72 Å². The molecule has 0 aliphatic carbocycles. The zero-order chi connectivity index (χ0) is 23.2. The van der Waals surface area contributed by atoms with E-state index in [1.165, 1.54) is 25.2 Å². The number of nitrogens with zero attached hydrogens (tertiary/aromatic N) is 1. The SMILES string of the molecule is CN(Cc1ccccc1F)C(=O)COC(=O)CNS(=O)(=O)c1cccc(C(F)(F)F)c1. The Morgan fingerprint density at radius 1 is 1.10 bits per heavy atom. The Kier molecular flexibility index (Phi) is 7.74. The molecule has 2 aromatic rings. The van der Waals surface area contributed by atoms with Crippen molar-refractivity contribution in [3.05, 3.63) is 65.5 Å². The van der Waals surface area contributed by atoms with Gasteiger partial charge in [0.2, 0.25) is 10.0 Å². The smallest absolute Gasteiger partial charge is 0.416 e. The number of ether oxygens (including phenoxy) is 1. The number of alkyl halides is 3. The highest BCUT2D eigenvalue weighted by atomic mass is 32.2. The number of rotatable bonds is 8. The first-order valence-electron chi connectivity index (χ1n) is 8.70. The van der Waals surface area contributed by atoms with Crippen LogP contribution in [0.5, 0.6) is 0 Å². The van der Waals surface area contributed by atoms with Crippen molar-refractivity contribution in [1.82, 2.24) is 9.62 Å². The molecule has 0 heterocycles. The fourth-order valence-electron chi connectivity index (χ4n) is 2.35. The summed E-state index contributed by atoms with van der Waals surface area (Å²) in [5.74, 6) is -2.30. The molecule has 168 valence electrons. The maximum Gasteiger partial charge on any atom is 0.416 e. The predicted octanol–water partition coefficient (Wildman–Crippen LogP) is 2.32. The van der Waals surface area contributed by atoms with Crippen LogP contribution in [0.15, 0.2) is 53.4 Å². The van der Waals surface area contributed by atoms with Gasteiger partial charge in [0.15, 0.2) is 6.61 Å². The molecule has 0 saturated carbocycles. The van der Waals surface area contributed by atoms with E-state index in [0.29, 0.717) is 12.1 Å². The number of carbonyl (C=O) groups is 2. The highest BCUT2D eigenvalue weighted by Gasteiger charge is 2.31. The molecule has 0 aliphatic heterocycles. The van der Waals surface area contributed by atoms with E-state index in [1.54, 1.807) is 6.07 Å². The Balaban J connectivity index is 1.87. The first-order chi connectivity index (χ1) is 14.4. The summed E-state index contributed by atoms with van der Waals surface area (Å²) >= 11 is 0. The summed E-state index contributed by atoms with van der Waals surface area (Å²) in [5.41, 5.74) is -0.917. The molecule has 12 heteroatoms. The zero-order valence-corrected chi connectivity index (χ0v) is 17.0. The Bertz CT molecular complexity index is 1060. The molecule has 1 N–H and O–H groups in total. The quantitative estimate of drug-likeness (QED) is 0.480. The molecule has 0 saturated heterocycles. The van der Waals surface area contributed by atoms with Crippen molar-refractivity contribution in [2.24, 2.45) is 0 Å². The van der Waals surface area contributed by atoms with Gasteiger partial charge in [-0.15, -0.1) is 0 Å². The molecule has 2 rings (SSSR count). The molecule has 0 unspecified atom stereocenters. The Labute approximate surface area is 175 Å². The number of hydrogen-bond donors (Lipinski definition) is 1. The standard InChI is InChI=1S/C19H18F4N2O5S/c1-25(11-13-5-2-3-8-16(13)20)17(26)12-30-18(27)10-24-31(28,29)15-7-4-6-14(9-15)19(21,22)23/h2-9,24H,10-12H2,1H3. The molecule has 0 radical (unpaired) electrons. The van der Waals surface area contributed by atoms with E-state index in [9.17, 15) is 35.6 Å². The fraction of sp³-hybridized carbons (Fsp3) is 0.263. The number of sulfonamides is 1. The second kappa shape index (κ2) is 9.88. The molecule has 1 amide bonds. The molecule has 0 aliphatic rings. The molecule has 0 bridgehead atoms. The lowest BCUT2D eigenvalue weighted by molar-refractivity contribution is -0.150. The van der Waals surface area contributed by atoms with Crippen LogP contribution in [0.2, 0.25) is 0 Å². The van der Waals surface area contributed by atoms with E-state index in [2.05, 4.69) is 4.74 Å². The molecular formula is C19H18F4N2O5S. The zero-order valence-electron chi connectivity index (χ0n) is 16.1. The number of amides is 1. The van der Waals surface area contributed by atoms with Gasteiger partial charge in [0.25, 0.3) is 5.91 Å². The summed E-state index contributed by atoms with van der Waals surface area (Å²) in [6, 6.07) is 8.77. The molecule has 0 atom stereocenters. The predicted molar refractivity (Wildman–Crippen MR) is 100 cm³/mol. The largest absolute Gasteiger partial charge is 0.455 e. The van der Waals surface area contributed by atoms with Gasteiger partial charge in [-0.25, -0.2) is 12.8 Å². The van der Waals surface area contributed by atoms with Gasteiger partial charge in [-0.1, -0.05) is 24.3 Å². The first-order valence-corrected chi connectivity index (χ1v) is 10.2. The monoisotopic (exact) mass is 462 g/mol. The summed E-state index contributed by atoms with van der Waals surface area (Å²) in [5, 5.41) is 0. The van der Waals surface area contributed by atoms with Crippen molar-refractivity contribution in [2.75, 3.05) is 20.2 Å². The summed E-state index contributed by atoms with van der Waals surface area (Å²) in [7, 11) is -3.07. The van der Waals surface area contributed by atoms with Crippen molar-refractivity contribution < 1.29 is 40.3 Å². The summed E-state index contributed by atoms with van der Waals surface area (Å²) < 4.78 is 82.5. The number of nitrogens with one attached hydrogen (secondary N) is 1. The first kappa shape index (κ1) is 24.3. The Hall–Kier alpha value is -2.99. The van der Waals surface area contributed by atoms with Crippen LogP contribution in [-0.2, 0) is 37.1 Å². The van der Waals surface area contributed by atoms with Gasteiger partial charge in [-0.2, -0.15) is 17.9 Å². The average molecular weight is 462 g/mol. The number of likely N-dealkylation sites (N-methyl/N-ethyl adjacent to an activating group) is 1. The number of benzene rings is 2. The lowest BCUT2D eigenvalue weighted by atomic mass is 10.2. The van der Waals surface area contributed by atoms with Crippen molar-refractivity contribution in [2.45, 2.75) is 17.6 Å². The van der Waals surface area contributed by atoms with Crippen LogP contribution in [0.3, 0.4) is 0 Å². The lowest BCUT2D eigenvalue weighted by Gasteiger charge is -2.17. The highest BCUT2D eigenvalue weighted by Crippen LogP contribution is 2.30. The summed E-state index contributed by atoms with van der Waals surface area (Å²) in [4.78, 5) is 24.2. The van der Waals surface area contributed by atoms with Crippen molar-refractivity contribution >= 4 is 21.9 Å². The third kappa shape index (κ3) is 7.03. The average Bonchev–Trinajstić information content (AvgIpc) is 2.71. The van der Waals surface area contributed by atoms with E-state index < -0.39 is 57.5 Å². The second-order valence-corrected chi connectivity index (χ2v) is 8.12. The van der Waals surface area contributed by atoms with Crippen LogP contribution in [-0.4, -0.2) is 45.4 Å². The number of carbonyl (C=O) groups excluding carboxylic acids is 2. The van der Waals surface area contributed by atoms with Crippen LogP contribution in [0.4, 0.5) is 17.6 Å². The second-order valence-electron chi connectivity index (χ2n) is 6.35. The molecule has 0 aromatic heterocycles. The van der Waals surface area contributed by atoms with Crippen molar-refractivity contribution in [1.29, 1.82) is 0 Å². The number of esters is 1. The van der Waals surface area contributed by atoms with Crippen LogP contribution >= 0.6 is 0 Å². The maximum absolute atomic E-state index is 13.6. The minimum Gasteiger partial charge on any atom is -0.455 e. The summed E-state index contributed by atoms with van der Waals surface area (Å²) in [6.07, 6.45) is -4.74. The summed E-state index contributed by atoms with van der Waals surface area (Å²) in [6.45, 7) is -1.71.